The van der Waals surface area contributed by atoms with Crippen LogP contribution < -0.4 is 15.6 Å². The SMILES string of the molecule is COc1ncnc(C2CC2)c1-c1cnc2nc(NCc3ccc(S(C)(=O)=O)cn3)c(=O)n([C@@H](C)C3CC3)c2n1. The summed E-state index contributed by atoms with van der Waals surface area (Å²) in [6, 6.07) is 3.00. The maximum absolute atomic E-state index is 13.7. The molecule has 39 heavy (non-hydrogen) atoms. The van der Waals surface area contributed by atoms with E-state index in [4.69, 9.17) is 9.72 Å². The molecule has 2 fully saturated rings. The number of anilines is 1. The molecule has 2 saturated carbocycles. The second-order valence-corrected chi connectivity index (χ2v) is 12.2. The summed E-state index contributed by atoms with van der Waals surface area (Å²) in [5, 5.41) is 3.07. The summed E-state index contributed by atoms with van der Waals surface area (Å²) in [5.74, 6) is 1.25. The van der Waals surface area contributed by atoms with E-state index in [-0.39, 0.29) is 28.9 Å². The van der Waals surface area contributed by atoms with Crippen molar-refractivity contribution < 1.29 is 13.2 Å². The highest BCUT2D eigenvalue weighted by Crippen LogP contribution is 2.45. The monoisotopic (exact) mass is 548 g/mol. The van der Waals surface area contributed by atoms with E-state index in [9.17, 15) is 13.2 Å². The summed E-state index contributed by atoms with van der Waals surface area (Å²) >= 11 is 0. The zero-order chi connectivity index (χ0) is 27.3. The number of sulfone groups is 1. The second-order valence-electron chi connectivity index (χ2n) is 10.1. The number of fused-ring (bicyclic) bond motifs is 1. The molecule has 6 rings (SSSR count). The van der Waals surface area contributed by atoms with Crippen molar-refractivity contribution in [1.29, 1.82) is 0 Å². The van der Waals surface area contributed by atoms with Crippen LogP contribution in [0.1, 0.15) is 56.0 Å². The average Bonchev–Trinajstić information content (AvgIpc) is 3.84. The lowest BCUT2D eigenvalue weighted by molar-refractivity contribution is 0.397. The van der Waals surface area contributed by atoms with E-state index in [1.54, 1.807) is 23.9 Å². The maximum Gasteiger partial charge on any atom is 0.295 e. The van der Waals surface area contributed by atoms with Gasteiger partial charge in [-0.25, -0.2) is 33.3 Å². The van der Waals surface area contributed by atoms with Crippen LogP contribution in [0.15, 0.2) is 40.5 Å². The van der Waals surface area contributed by atoms with Crippen molar-refractivity contribution in [1.82, 2.24) is 34.5 Å². The first-order valence-electron chi connectivity index (χ1n) is 12.8. The lowest BCUT2D eigenvalue weighted by atomic mass is 10.1. The minimum Gasteiger partial charge on any atom is -0.480 e. The van der Waals surface area contributed by atoms with Crippen molar-refractivity contribution in [3.8, 4) is 17.1 Å². The van der Waals surface area contributed by atoms with Gasteiger partial charge in [-0.2, -0.15) is 0 Å². The molecule has 2 aliphatic carbocycles. The smallest absolute Gasteiger partial charge is 0.295 e. The molecule has 4 aromatic heterocycles. The largest absolute Gasteiger partial charge is 0.480 e. The van der Waals surface area contributed by atoms with Crippen LogP contribution in [0.3, 0.4) is 0 Å². The van der Waals surface area contributed by atoms with Gasteiger partial charge in [0.2, 0.25) is 5.88 Å². The standard InChI is InChI=1S/C26H28N8O4S/c1-14(15-4-5-15)34-24-22(29-12-19(32-24)20-21(16-6-7-16)30-13-31-25(20)38-2)33-23(26(34)35)28-10-17-8-9-18(11-27-17)39(3,36)37/h8-9,11-16H,4-7,10H2,1-3H3,(H,28,29,33)/t14-/m0/s1. The van der Waals surface area contributed by atoms with Crippen LogP contribution in [0.25, 0.3) is 22.6 Å². The van der Waals surface area contributed by atoms with Gasteiger partial charge in [0.05, 0.1) is 47.4 Å². The summed E-state index contributed by atoms with van der Waals surface area (Å²) in [4.78, 5) is 40.9. The first-order valence-corrected chi connectivity index (χ1v) is 14.7. The van der Waals surface area contributed by atoms with Gasteiger partial charge in [-0.3, -0.25) is 14.3 Å². The molecule has 1 atom stereocenters. The molecule has 0 amide bonds. The van der Waals surface area contributed by atoms with Crippen molar-refractivity contribution in [3.05, 3.63) is 52.6 Å². The Morgan fingerprint density at radius 2 is 1.87 bits per heavy atom. The minimum absolute atomic E-state index is 0.0999. The molecular weight excluding hydrogens is 520 g/mol. The van der Waals surface area contributed by atoms with E-state index in [2.05, 4.69) is 30.2 Å². The molecule has 12 nitrogen and oxygen atoms in total. The first-order chi connectivity index (χ1) is 18.7. The van der Waals surface area contributed by atoms with Gasteiger partial charge in [0.15, 0.2) is 26.9 Å². The highest BCUT2D eigenvalue weighted by Gasteiger charge is 2.33. The van der Waals surface area contributed by atoms with Crippen LogP contribution >= 0.6 is 0 Å². The zero-order valence-electron chi connectivity index (χ0n) is 21.8. The fraction of sp³-hybridized carbons (Fsp3) is 0.423. The summed E-state index contributed by atoms with van der Waals surface area (Å²) < 4.78 is 30.7. The van der Waals surface area contributed by atoms with Crippen molar-refractivity contribution in [2.24, 2.45) is 5.92 Å². The van der Waals surface area contributed by atoms with Gasteiger partial charge < -0.3 is 10.1 Å². The minimum atomic E-state index is -3.35. The van der Waals surface area contributed by atoms with Gasteiger partial charge in [0.25, 0.3) is 5.56 Å². The Bertz CT molecular complexity index is 1730. The van der Waals surface area contributed by atoms with Crippen molar-refractivity contribution in [2.45, 2.75) is 56.0 Å². The van der Waals surface area contributed by atoms with Gasteiger partial charge in [0.1, 0.15) is 6.33 Å². The molecule has 2 aliphatic rings. The molecule has 0 saturated heterocycles. The lowest BCUT2D eigenvalue weighted by Crippen LogP contribution is -2.29. The van der Waals surface area contributed by atoms with Crippen molar-refractivity contribution >= 4 is 26.9 Å². The highest BCUT2D eigenvalue weighted by molar-refractivity contribution is 7.90. The summed E-state index contributed by atoms with van der Waals surface area (Å²) in [6.07, 6.45) is 9.71. The van der Waals surface area contributed by atoms with E-state index in [1.807, 2.05) is 6.92 Å². The fourth-order valence-electron chi connectivity index (χ4n) is 4.73. The van der Waals surface area contributed by atoms with Crippen LogP contribution in [-0.2, 0) is 16.4 Å². The fourth-order valence-corrected chi connectivity index (χ4v) is 5.29. The number of pyridine rings is 1. The summed E-state index contributed by atoms with van der Waals surface area (Å²) in [5.41, 5.74) is 3.09. The zero-order valence-corrected chi connectivity index (χ0v) is 22.6. The normalized spacial score (nSPS) is 16.3. The molecule has 1 N–H and O–H groups in total. The van der Waals surface area contributed by atoms with Crippen LogP contribution in [-0.4, -0.2) is 56.3 Å². The summed E-state index contributed by atoms with van der Waals surface area (Å²) in [7, 11) is -1.79. The van der Waals surface area contributed by atoms with Gasteiger partial charge >= 0.3 is 0 Å². The van der Waals surface area contributed by atoms with E-state index < -0.39 is 9.84 Å². The quantitative estimate of drug-likeness (QED) is 0.328. The molecule has 0 bridgehead atoms. The maximum atomic E-state index is 13.7. The number of ether oxygens (including phenoxy) is 1. The van der Waals surface area contributed by atoms with Crippen molar-refractivity contribution in [3.63, 3.8) is 0 Å². The van der Waals surface area contributed by atoms with E-state index >= 15 is 0 Å². The molecule has 4 aromatic rings. The van der Waals surface area contributed by atoms with E-state index in [1.165, 1.54) is 18.6 Å². The molecule has 202 valence electrons. The van der Waals surface area contributed by atoms with Gasteiger partial charge in [-0.1, -0.05) is 0 Å². The number of nitrogens with one attached hydrogen (secondary N) is 1. The molecule has 0 aliphatic heterocycles. The Morgan fingerprint density at radius 1 is 1.08 bits per heavy atom. The third kappa shape index (κ3) is 4.93. The van der Waals surface area contributed by atoms with Gasteiger partial charge in [-0.05, 0) is 50.7 Å². The van der Waals surface area contributed by atoms with Crippen molar-refractivity contribution in [2.75, 3.05) is 18.7 Å². The van der Waals surface area contributed by atoms with Crippen LogP contribution in [0.4, 0.5) is 5.82 Å². The second kappa shape index (κ2) is 9.63. The Kier molecular flexibility index (Phi) is 6.25. The lowest BCUT2D eigenvalue weighted by Gasteiger charge is -2.19. The number of hydrogen-bond donors (Lipinski definition) is 1. The Balaban J connectivity index is 1.41. The third-order valence-corrected chi connectivity index (χ3v) is 8.33. The van der Waals surface area contributed by atoms with Gasteiger partial charge in [0, 0.05) is 24.4 Å². The van der Waals surface area contributed by atoms with Crippen LogP contribution in [0, 0.1) is 5.92 Å². The summed E-state index contributed by atoms with van der Waals surface area (Å²) in [6.45, 7) is 2.20. The van der Waals surface area contributed by atoms with Crippen LogP contribution in [0.5, 0.6) is 5.88 Å². The third-order valence-electron chi connectivity index (χ3n) is 7.23. The number of aromatic nitrogens is 7. The molecule has 0 aromatic carbocycles. The molecule has 0 spiro atoms. The number of methoxy groups -OCH3 is 1. The number of hydrogen-bond acceptors (Lipinski definition) is 11. The van der Waals surface area contributed by atoms with Gasteiger partial charge in [-0.15, -0.1) is 0 Å². The molecule has 13 heteroatoms. The van der Waals surface area contributed by atoms with Crippen LogP contribution in [0.2, 0.25) is 0 Å². The van der Waals surface area contributed by atoms with E-state index in [0.29, 0.717) is 46.0 Å². The Labute approximate surface area is 224 Å². The molecule has 0 unspecified atom stereocenters. The predicted molar refractivity (Wildman–Crippen MR) is 143 cm³/mol. The topological polar surface area (TPSA) is 155 Å². The molecular formula is C26H28N8O4S. The molecule has 0 radical (unpaired) electrons. The average molecular weight is 549 g/mol. The molecule has 4 heterocycles. The Hall–Kier alpha value is -4.00. The Morgan fingerprint density at radius 3 is 2.51 bits per heavy atom. The number of nitrogens with zero attached hydrogens (tertiary/aromatic N) is 7. The van der Waals surface area contributed by atoms with E-state index in [0.717, 1.165) is 37.6 Å². The predicted octanol–water partition coefficient (Wildman–Crippen LogP) is 2.91. The first kappa shape index (κ1) is 25.3. The number of rotatable bonds is 9. The highest BCUT2D eigenvalue weighted by atomic mass is 32.2.